The predicted molar refractivity (Wildman–Crippen MR) is 60.2 cm³/mol. The highest BCUT2D eigenvalue weighted by Gasteiger charge is 2.15. The summed E-state index contributed by atoms with van der Waals surface area (Å²) in [6.07, 6.45) is 3.84. The maximum Gasteiger partial charge on any atom is 0.369 e. The second-order valence-electron chi connectivity index (χ2n) is 3.51. The Labute approximate surface area is 89.1 Å². The minimum Gasteiger partial charge on any atom is -0.350 e. The summed E-state index contributed by atoms with van der Waals surface area (Å²) < 4.78 is 3.83. The molecular formula is C10H16N5+. The van der Waals surface area contributed by atoms with Crippen molar-refractivity contribution >= 4 is 12.2 Å². The number of nitrogens with zero attached hydrogens (tertiary/aromatic N) is 3. The van der Waals surface area contributed by atoms with Gasteiger partial charge in [0.05, 0.1) is 32.0 Å². The van der Waals surface area contributed by atoms with Gasteiger partial charge in [-0.05, 0) is 12.1 Å². The van der Waals surface area contributed by atoms with Gasteiger partial charge in [0.15, 0.2) is 0 Å². The van der Waals surface area contributed by atoms with Crippen molar-refractivity contribution < 1.29 is 4.68 Å². The van der Waals surface area contributed by atoms with Gasteiger partial charge in [-0.15, -0.1) is 9.79 Å². The Morgan fingerprint density at radius 1 is 1.47 bits per heavy atom. The number of nitrogens with one attached hydrogen (secondary N) is 2. The Hall–Kier alpha value is -1.78. The third kappa shape index (κ3) is 2.18. The lowest BCUT2D eigenvalue weighted by molar-refractivity contribution is -0.505. The van der Waals surface area contributed by atoms with Gasteiger partial charge >= 0.3 is 5.96 Å². The fourth-order valence-corrected chi connectivity index (χ4v) is 1.47. The van der Waals surface area contributed by atoms with Crippen molar-refractivity contribution in [2.75, 3.05) is 20.1 Å². The number of guanidine groups is 1. The molecule has 2 heterocycles. The lowest BCUT2D eigenvalue weighted by atomic mass is 10.5. The van der Waals surface area contributed by atoms with Crippen LogP contribution in [0.1, 0.15) is 5.69 Å². The number of aryl methyl sites for hydroxylation is 1. The van der Waals surface area contributed by atoms with Crippen LogP contribution >= 0.6 is 0 Å². The Bertz CT molecular complexity index is 394. The highest BCUT2D eigenvalue weighted by atomic mass is 15.4. The van der Waals surface area contributed by atoms with Crippen molar-refractivity contribution in [1.29, 1.82) is 0 Å². The summed E-state index contributed by atoms with van der Waals surface area (Å²) in [5.41, 5.74) is 1.08. The van der Waals surface area contributed by atoms with Crippen LogP contribution in [0.25, 0.3) is 0 Å². The van der Waals surface area contributed by atoms with Gasteiger partial charge in [0.25, 0.3) is 0 Å². The molecule has 1 fully saturated rings. The second-order valence-corrected chi connectivity index (χ2v) is 3.51. The van der Waals surface area contributed by atoms with Crippen LogP contribution in [0.3, 0.4) is 0 Å². The van der Waals surface area contributed by atoms with Gasteiger partial charge in [-0.1, -0.05) is 0 Å². The lowest BCUT2D eigenvalue weighted by Crippen LogP contribution is -2.32. The summed E-state index contributed by atoms with van der Waals surface area (Å²) >= 11 is 0. The van der Waals surface area contributed by atoms with Gasteiger partial charge in [0.2, 0.25) is 0 Å². The van der Waals surface area contributed by atoms with E-state index in [-0.39, 0.29) is 0 Å². The molecule has 0 unspecified atom stereocenters. The SMILES string of the molecule is Cn1cccc1/C=N/[N+](C)=C1NCCN1. The standard InChI is InChI=1S/C10H15N5/c1-14-7-3-4-9(14)8-13-15(2)10-11-5-6-12-10/h3-4,7-8H,5-6H2,1-2H3,(H,11,12)/p+1/b13-8+. The number of hydrazone groups is 1. The molecule has 2 N–H and O–H groups in total. The number of hydrogen-bond acceptors (Lipinski definition) is 1. The van der Waals surface area contributed by atoms with E-state index in [2.05, 4.69) is 15.7 Å². The molecule has 0 aromatic carbocycles. The predicted octanol–water partition coefficient (Wildman–Crippen LogP) is -0.450. The maximum atomic E-state index is 4.33. The molecule has 1 saturated heterocycles. The van der Waals surface area contributed by atoms with Crippen molar-refractivity contribution in [3.05, 3.63) is 24.0 Å². The smallest absolute Gasteiger partial charge is 0.350 e. The van der Waals surface area contributed by atoms with Crippen LogP contribution in [0.5, 0.6) is 0 Å². The molecular weight excluding hydrogens is 190 g/mol. The third-order valence-corrected chi connectivity index (χ3v) is 2.38. The average molecular weight is 206 g/mol. The summed E-state index contributed by atoms with van der Waals surface area (Å²) in [6, 6.07) is 4.03. The van der Waals surface area contributed by atoms with E-state index in [1.165, 1.54) is 0 Å². The lowest BCUT2D eigenvalue weighted by Gasteiger charge is -1.97. The van der Waals surface area contributed by atoms with E-state index in [9.17, 15) is 0 Å². The molecule has 1 aromatic rings. The van der Waals surface area contributed by atoms with E-state index in [0.29, 0.717) is 0 Å². The molecule has 1 aromatic heterocycles. The molecule has 0 atom stereocenters. The Balaban J connectivity index is 2.11. The zero-order valence-electron chi connectivity index (χ0n) is 9.07. The van der Waals surface area contributed by atoms with Crippen LogP contribution in [0.2, 0.25) is 0 Å². The molecule has 1 aliphatic heterocycles. The van der Waals surface area contributed by atoms with Crippen LogP contribution < -0.4 is 10.6 Å². The Kier molecular flexibility index (Phi) is 2.71. The van der Waals surface area contributed by atoms with Crippen LogP contribution in [0.4, 0.5) is 0 Å². The van der Waals surface area contributed by atoms with Crippen molar-refractivity contribution in [2.24, 2.45) is 12.1 Å². The van der Waals surface area contributed by atoms with Crippen molar-refractivity contribution in [2.45, 2.75) is 0 Å². The molecule has 2 rings (SSSR count). The largest absolute Gasteiger partial charge is 0.369 e. The first-order chi connectivity index (χ1) is 7.27. The summed E-state index contributed by atoms with van der Waals surface area (Å²) in [6.45, 7) is 1.92. The molecule has 0 amide bonds. The van der Waals surface area contributed by atoms with Crippen LogP contribution in [-0.2, 0) is 7.05 Å². The monoisotopic (exact) mass is 206 g/mol. The van der Waals surface area contributed by atoms with Crippen LogP contribution in [0.15, 0.2) is 23.4 Å². The topological polar surface area (TPSA) is 44.4 Å². The molecule has 15 heavy (non-hydrogen) atoms. The molecule has 0 saturated carbocycles. The van der Waals surface area contributed by atoms with E-state index < -0.39 is 0 Å². The first kappa shape index (κ1) is 9.76. The quantitative estimate of drug-likeness (QED) is 0.391. The van der Waals surface area contributed by atoms with E-state index in [1.807, 2.05) is 43.2 Å². The summed E-state index contributed by atoms with van der Waals surface area (Å²) in [5.74, 6) is 0.959. The molecule has 5 heteroatoms. The normalized spacial score (nSPS) is 15.5. The fraction of sp³-hybridized carbons (Fsp3) is 0.400. The first-order valence-electron chi connectivity index (χ1n) is 5.01. The van der Waals surface area contributed by atoms with Crippen molar-refractivity contribution in [3.63, 3.8) is 0 Å². The van der Waals surface area contributed by atoms with Gasteiger partial charge in [-0.2, -0.15) is 0 Å². The fourth-order valence-electron chi connectivity index (χ4n) is 1.47. The summed E-state index contributed by atoms with van der Waals surface area (Å²) in [5, 5.41) is 10.8. The van der Waals surface area contributed by atoms with Gasteiger partial charge in [0, 0.05) is 13.2 Å². The van der Waals surface area contributed by atoms with Crippen molar-refractivity contribution in [1.82, 2.24) is 15.2 Å². The van der Waals surface area contributed by atoms with Gasteiger partial charge in [0.1, 0.15) is 0 Å². The van der Waals surface area contributed by atoms with Gasteiger partial charge in [-0.25, -0.2) is 0 Å². The highest BCUT2D eigenvalue weighted by Crippen LogP contribution is 1.95. The third-order valence-electron chi connectivity index (χ3n) is 2.38. The minimum atomic E-state index is 0.958. The first-order valence-corrected chi connectivity index (χ1v) is 5.01. The van der Waals surface area contributed by atoms with Crippen molar-refractivity contribution in [3.8, 4) is 0 Å². The van der Waals surface area contributed by atoms with Crippen LogP contribution in [-0.4, -0.2) is 41.6 Å². The average Bonchev–Trinajstić information content (AvgIpc) is 2.85. The molecule has 0 spiro atoms. The van der Waals surface area contributed by atoms with Gasteiger partial charge in [-0.3, -0.25) is 10.6 Å². The number of rotatable bonds is 2. The van der Waals surface area contributed by atoms with Gasteiger partial charge < -0.3 is 4.57 Å². The molecule has 0 radical (unpaired) electrons. The second kappa shape index (κ2) is 4.16. The zero-order valence-corrected chi connectivity index (χ0v) is 9.07. The zero-order chi connectivity index (χ0) is 10.7. The minimum absolute atomic E-state index is 0.958. The Morgan fingerprint density at radius 2 is 2.20 bits per heavy atom. The number of aromatic nitrogens is 1. The highest BCUT2D eigenvalue weighted by molar-refractivity contribution is 5.79. The Morgan fingerprint density at radius 3 is 2.80 bits per heavy atom. The molecule has 5 nitrogen and oxygen atoms in total. The molecule has 0 aliphatic carbocycles. The molecule has 80 valence electrons. The summed E-state index contributed by atoms with van der Waals surface area (Å²) in [4.78, 5) is 0. The van der Waals surface area contributed by atoms with Crippen LogP contribution in [0, 0.1) is 0 Å². The maximum absolute atomic E-state index is 4.33. The van der Waals surface area contributed by atoms with E-state index in [4.69, 9.17) is 0 Å². The molecule has 0 bridgehead atoms. The number of hydrogen-bond donors (Lipinski definition) is 2. The van der Waals surface area contributed by atoms with E-state index >= 15 is 0 Å². The van der Waals surface area contributed by atoms with E-state index in [1.54, 1.807) is 4.68 Å². The molecule has 1 aliphatic rings. The van der Waals surface area contributed by atoms with E-state index in [0.717, 1.165) is 24.7 Å². The summed E-state index contributed by atoms with van der Waals surface area (Å²) in [7, 11) is 3.92.